The summed E-state index contributed by atoms with van der Waals surface area (Å²) in [7, 11) is 0. The maximum atomic E-state index is 6.16. The van der Waals surface area contributed by atoms with E-state index in [0.717, 1.165) is 42.4 Å². The summed E-state index contributed by atoms with van der Waals surface area (Å²) in [6.07, 6.45) is 4.64. The zero-order valence-electron chi connectivity index (χ0n) is 16.5. The molecule has 1 aliphatic rings. The molecule has 5 rings (SSSR count). The molecule has 0 aliphatic carbocycles. The van der Waals surface area contributed by atoms with Crippen LogP contribution in [0.2, 0.25) is 5.15 Å². The molecule has 4 heterocycles. The second-order valence-corrected chi connectivity index (χ2v) is 8.40. The lowest BCUT2D eigenvalue weighted by Gasteiger charge is -2.31. The fraction of sp³-hybridized carbons (Fsp3) is 0.300. The van der Waals surface area contributed by atoms with Crippen molar-refractivity contribution in [2.75, 3.05) is 18.0 Å². The molecular weight excluding hydrogens is 436 g/mol. The van der Waals surface area contributed by atoms with Crippen LogP contribution < -0.4 is 9.64 Å². The molecule has 0 radical (unpaired) electrons. The van der Waals surface area contributed by atoms with Crippen LogP contribution in [0.4, 0.5) is 5.95 Å². The molecule has 1 aliphatic heterocycles. The van der Waals surface area contributed by atoms with Crippen LogP contribution in [0.1, 0.15) is 35.7 Å². The number of halogens is 1. The number of tetrazole rings is 1. The van der Waals surface area contributed by atoms with Crippen molar-refractivity contribution in [1.82, 2.24) is 35.2 Å². The Labute approximate surface area is 187 Å². The van der Waals surface area contributed by atoms with E-state index >= 15 is 0 Å². The molecule has 1 fully saturated rings. The van der Waals surface area contributed by atoms with Crippen molar-refractivity contribution in [2.45, 2.75) is 25.0 Å². The van der Waals surface area contributed by atoms with E-state index in [1.54, 1.807) is 28.3 Å². The van der Waals surface area contributed by atoms with Gasteiger partial charge in [-0.3, -0.25) is 0 Å². The maximum absolute atomic E-state index is 6.16. The Morgan fingerprint density at radius 1 is 1.10 bits per heavy atom. The summed E-state index contributed by atoms with van der Waals surface area (Å²) in [4.78, 5) is 15.7. The summed E-state index contributed by atoms with van der Waals surface area (Å²) < 4.78 is 7.73. The van der Waals surface area contributed by atoms with E-state index in [-0.39, 0.29) is 0 Å². The van der Waals surface area contributed by atoms with Gasteiger partial charge in [0.25, 0.3) is 0 Å². The fourth-order valence-corrected chi connectivity index (χ4v) is 4.69. The van der Waals surface area contributed by atoms with Crippen LogP contribution in [0.15, 0.2) is 54.3 Å². The minimum absolute atomic E-state index is 0.375. The summed E-state index contributed by atoms with van der Waals surface area (Å²) in [5.41, 5.74) is 0.789. The third-order valence-corrected chi connectivity index (χ3v) is 6.36. The zero-order valence-corrected chi connectivity index (χ0v) is 18.0. The molecule has 1 aromatic carbocycles. The van der Waals surface area contributed by atoms with Gasteiger partial charge in [0.2, 0.25) is 12.2 Å². The van der Waals surface area contributed by atoms with Gasteiger partial charge in [-0.2, -0.15) is 4.68 Å². The summed E-state index contributed by atoms with van der Waals surface area (Å²) in [6.45, 7) is 1.72. The van der Waals surface area contributed by atoms with Crippen molar-refractivity contribution in [1.29, 1.82) is 0 Å². The molecule has 0 amide bonds. The molecule has 0 saturated carbocycles. The molecule has 1 unspecified atom stereocenters. The van der Waals surface area contributed by atoms with Gasteiger partial charge in [-0.25, -0.2) is 15.0 Å². The lowest BCUT2D eigenvalue weighted by atomic mass is 9.98. The Balaban J connectivity index is 1.30. The van der Waals surface area contributed by atoms with Gasteiger partial charge < -0.3 is 9.64 Å². The number of aromatic nitrogens is 7. The Kier molecular flexibility index (Phi) is 5.72. The highest BCUT2D eigenvalue weighted by Gasteiger charge is 2.27. The Bertz CT molecular complexity index is 1120. The molecule has 0 bridgehead atoms. The van der Waals surface area contributed by atoms with Crippen LogP contribution in [-0.4, -0.2) is 48.2 Å². The Morgan fingerprint density at radius 2 is 1.94 bits per heavy atom. The number of piperidine rings is 1. The quantitative estimate of drug-likeness (QED) is 0.408. The van der Waals surface area contributed by atoms with Gasteiger partial charge in [0.1, 0.15) is 22.9 Å². The third kappa shape index (κ3) is 4.49. The number of rotatable bonds is 6. The molecule has 0 spiro atoms. The van der Waals surface area contributed by atoms with E-state index in [9.17, 15) is 0 Å². The van der Waals surface area contributed by atoms with Crippen molar-refractivity contribution in [3.8, 4) is 5.75 Å². The number of nitrogens with zero attached hydrogens (tertiary/aromatic N) is 8. The lowest BCUT2D eigenvalue weighted by molar-refractivity contribution is 0.152. The first-order chi connectivity index (χ1) is 15.3. The largest absolute Gasteiger partial charge is 0.463 e. The van der Waals surface area contributed by atoms with Gasteiger partial charge in [0, 0.05) is 30.6 Å². The number of ether oxygens (including phenoxy) is 1. The minimum Gasteiger partial charge on any atom is -0.463 e. The third-order valence-electron chi connectivity index (χ3n) is 5.12. The molecule has 0 N–H and O–H groups in total. The highest BCUT2D eigenvalue weighted by molar-refractivity contribution is 7.09. The van der Waals surface area contributed by atoms with E-state index in [4.69, 9.17) is 21.3 Å². The molecule has 1 saturated heterocycles. The Hall–Kier alpha value is -3.11. The van der Waals surface area contributed by atoms with Crippen LogP contribution in [0, 0.1) is 0 Å². The first-order valence-electron chi connectivity index (χ1n) is 9.89. The summed E-state index contributed by atoms with van der Waals surface area (Å²) >= 11 is 7.66. The average Bonchev–Trinajstić information content (AvgIpc) is 3.51. The molecule has 3 aromatic heterocycles. The standard InChI is InChI=1S/C20H19ClN8OS/c21-17-6-9-22-20(25-17)28-10-7-14(8-11-28)18-24-16(12-31-18)19(29-13-23-26-27-29)30-15-4-2-1-3-5-15/h1-6,9,12-14,19H,7-8,10-11H2. The molecule has 4 aromatic rings. The van der Waals surface area contributed by atoms with Crippen LogP contribution in [0.3, 0.4) is 0 Å². The first-order valence-corrected chi connectivity index (χ1v) is 11.1. The fourth-order valence-electron chi connectivity index (χ4n) is 3.56. The van der Waals surface area contributed by atoms with Gasteiger partial charge >= 0.3 is 0 Å². The number of hydrogen-bond acceptors (Lipinski definition) is 9. The molecular formula is C20H19ClN8OS. The van der Waals surface area contributed by atoms with Crippen molar-refractivity contribution in [2.24, 2.45) is 0 Å². The second kappa shape index (κ2) is 8.94. The SMILES string of the molecule is Clc1ccnc(N2CCC(c3nc(C(Oc4ccccc4)n4cnnn4)cs3)CC2)n1. The van der Waals surface area contributed by atoms with Crippen LogP contribution in [0.25, 0.3) is 0 Å². The van der Waals surface area contributed by atoms with Crippen LogP contribution >= 0.6 is 22.9 Å². The molecule has 9 nitrogen and oxygen atoms in total. The highest BCUT2D eigenvalue weighted by atomic mass is 35.5. The topological polar surface area (TPSA) is 94.7 Å². The van der Waals surface area contributed by atoms with E-state index in [1.807, 2.05) is 35.7 Å². The Morgan fingerprint density at radius 3 is 2.68 bits per heavy atom. The smallest absolute Gasteiger partial charge is 0.238 e. The van der Waals surface area contributed by atoms with E-state index in [0.29, 0.717) is 17.0 Å². The normalized spacial score (nSPS) is 15.7. The molecule has 1 atom stereocenters. The van der Waals surface area contributed by atoms with Gasteiger partial charge in [-0.15, -0.1) is 16.4 Å². The number of benzene rings is 1. The van der Waals surface area contributed by atoms with Gasteiger partial charge in [-0.1, -0.05) is 29.8 Å². The number of anilines is 1. The van der Waals surface area contributed by atoms with Crippen LogP contribution in [0.5, 0.6) is 5.75 Å². The summed E-state index contributed by atoms with van der Waals surface area (Å²) in [5.74, 6) is 1.79. The zero-order chi connectivity index (χ0) is 21.0. The first kappa shape index (κ1) is 19.8. The van der Waals surface area contributed by atoms with E-state index in [1.165, 1.54) is 6.33 Å². The van der Waals surface area contributed by atoms with Crippen LogP contribution in [-0.2, 0) is 0 Å². The summed E-state index contributed by atoms with van der Waals surface area (Å²) in [6, 6.07) is 11.3. The van der Waals surface area contributed by atoms with E-state index in [2.05, 4.69) is 30.4 Å². The average molecular weight is 455 g/mol. The van der Waals surface area contributed by atoms with Crippen molar-refractivity contribution >= 4 is 28.9 Å². The maximum Gasteiger partial charge on any atom is 0.238 e. The minimum atomic E-state index is -0.526. The number of para-hydroxylation sites is 1. The van der Waals surface area contributed by atoms with Crippen molar-refractivity contribution in [3.63, 3.8) is 0 Å². The van der Waals surface area contributed by atoms with Gasteiger partial charge in [0.15, 0.2) is 0 Å². The molecule has 158 valence electrons. The van der Waals surface area contributed by atoms with Crippen molar-refractivity contribution in [3.05, 3.63) is 70.2 Å². The second-order valence-electron chi connectivity index (χ2n) is 7.12. The lowest BCUT2D eigenvalue weighted by Crippen LogP contribution is -2.34. The molecule has 31 heavy (non-hydrogen) atoms. The number of hydrogen-bond donors (Lipinski definition) is 0. The van der Waals surface area contributed by atoms with E-state index < -0.39 is 6.23 Å². The number of thiazole rings is 1. The molecule has 11 heteroatoms. The predicted molar refractivity (Wildman–Crippen MR) is 116 cm³/mol. The van der Waals surface area contributed by atoms with Gasteiger partial charge in [0.05, 0.1) is 5.01 Å². The predicted octanol–water partition coefficient (Wildman–Crippen LogP) is 3.58. The highest BCUT2D eigenvalue weighted by Crippen LogP contribution is 2.33. The van der Waals surface area contributed by atoms with Crippen molar-refractivity contribution < 1.29 is 4.74 Å². The summed E-state index contributed by atoms with van der Waals surface area (Å²) in [5, 5.41) is 15.1. The van der Waals surface area contributed by atoms with Gasteiger partial charge in [-0.05, 0) is 41.5 Å². The monoisotopic (exact) mass is 454 g/mol.